The highest BCUT2D eigenvalue weighted by Crippen LogP contribution is 2.16. The summed E-state index contributed by atoms with van der Waals surface area (Å²) in [6, 6.07) is 10.2. The van der Waals surface area contributed by atoms with E-state index in [0.29, 0.717) is 24.1 Å². The highest BCUT2D eigenvalue weighted by molar-refractivity contribution is 14.0. The second-order valence-corrected chi connectivity index (χ2v) is 8.05. The van der Waals surface area contributed by atoms with E-state index >= 15 is 0 Å². The van der Waals surface area contributed by atoms with Gasteiger partial charge in [-0.25, -0.2) is 13.1 Å². The first-order valence-corrected chi connectivity index (χ1v) is 10.5. The molecule has 1 aromatic heterocycles. The summed E-state index contributed by atoms with van der Waals surface area (Å²) in [5, 5.41) is 6.83. The Labute approximate surface area is 193 Å². The second-order valence-electron chi connectivity index (χ2n) is 5.85. The molecule has 1 aromatic carbocycles. The first kappa shape index (κ1) is 25.4. The number of aliphatic imine (C=N–C) groups is 1. The third-order valence-electron chi connectivity index (χ3n) is 3.59. The van der Waals surface area contributed by atoms with Crippen molar-refractivity contribution in [1.82, 2.24) is 20.3 Å². The number of rotatable bonds is 9. The van der Waals surface area contributed by atoms with E-state index in [1.54, 1.807) is 37.4 Å². The largest absolute Gasteiger partial charge is 0.489 e. The van der Waals surface area contributed by atoms with E-state index in [0.717, 1.165) is 5.75 Å². The molecule has 1 atom stereocenters. The summed E-state index contributed by atoms with van der Waals surface area (Å²) in [5.41, 5.74) is 0. The Morgan fingerprint density at radius 1 is 1.21 bits per heavy atom. The van der Waals surface area contributed by atoms with Crippen LogP contribution in [-0.2, 0) is 10.0 Å². The predicted octanol–water partition coefficient (Wildman–Crippen LogP) is 2.26. The number of nitrogens with one attached hydrogen (secondary N) is 3. The van der Waals surface area contributed by atoms with Crippen LogP contribution in [0.2, 0.25) is 5.02 Å². The molecule has 1 heterocycles. The van der Waals surface area contributed by atoms with Crippen LogP contribution in [0.4, 0.5) is 0 Å². The number of hydrogen-bond acceptors (Lipinski definition) is 5. The van der Waals surface area contributed by atoms with E-state index in [1.807, 2.05) is 6.92 Å². The molecular weight excluding hydrogens is 529 g/mol. The summed E-state index contributed by atoms with van der Waals surface area (Å²) >= 11 is 5.86. The van der Waals surface area contributed by atoms with Gasteiger partial charge in [-0.3, -0.25) is 9.98 Å². The minimum atomic E-state index is -3.57. The fraction of sp³-hybridized carbons (Fsp3) is 0.333. The van der Waals surface area contributed by atoms with Crippen molar-refractivity contribution in [1.29, 1.82) is 0 Å². The van der Waals surface area contributed by atoms with Crippen LogP contribution in [0, 0.1) is 0 Å². The Bertz CT molecular complexity index is 867. The molecule has 160 valence electrons. The normalized spacial score (nSPS) is 12.6. The quantitative estimate of drug-likeness (QED) is 0.190. The molecule has 2 rings (SSSR count). The molecule has 1 unspecified atom stereocenters. The van der Waals surface area contributed by atoms with Crippen molar-refractivity contribution in [3.05, 3.63) is 53.8 Å². The predicted molar refractivity (Wildman–Crippen MR) is 126 cm³/mol. The van der Waals surface area contributed by atoms with Gasteiger partial charge in [-0.15, -0.1) is 24.0 Å². The Morgan fingerprint density at radius 3 is 2.55 bits per heavy atom. The minimum absolute atomic E-state index is 0. The van der Waals surface area contributed by atoms with Gasteiger partial charge in [0.15, 0.2) is 5.96 Å². The van der Waals surface area contributed by atoms with Gasteiger partial charge < -0.3 is 15.4 Å². The van der Waals surface area contributed by atoms with Gasteiger partial charge in [0.05, 0.1) is 6.54 Å². The first-order valence-electron chi connectivity index (χ1n) is 8.67. The van der Waals surface area contributed by atoms with Crippen molar-refractivity contribution in [2.45, 2.75) is 17.9 Å². The average molecular weight is 554 g/mol. The SMILES string of the molecule is CN=C(NCCNS(=O)(=O)c1cccnc1)NCC(C)Oc1ccc(Cl)cc1.I. The second kappa shape index (κ2) is 12.8. The molecule has 29 heavy (non-hydrogen) atoms. The lowest BCUT2D eigenvalue weighted by molar-refractivity contribution is 0.224. The van der Waals surface area contributed by atoms with Crippen LogP contribution in [-0.4, -0.2) is 52.1 Å². The number of guanidine groups is 1. The van der Waals surface area contributed by atoms with E-state index in [-0.39, 0.29) is 41.5 Å². The lowest BCUT2D eigenvalue weighted by Crippen LogP contribution is -2.44. The van der Waals surface area contributed by atoms with Crippen molar-refractivity contribution in [2.24, 2.45) is 4.99 Å². The monoisotopic (exact) mass is 553 g/mol. The highest BCUT2D eigenvalue weighted by Gasteiger charge is 2.13. The molecule has 0 aliphatic heterocycles. The van der Waals surface area contributed by atoms with Gasteiger partial charge in [0, 0.05) is 37.6 Å². The lowest BCUT2D eigenvalue weighted by Gasteiger charge is -2.18. The van der Waals surface area contributed by atoms with Gasteiger partial charge in [0.25, 0.3) is 0 Å². The molecule has 0 aliphatic carbocycles. The molecule has 0 amide bonds. The van der Waals surface area contributed by atoms with Crippen LogP contribution in [0.15, 0.2) is 58.7 Å². The van der Waals surface area contributed by atoms with Gasteiger partial charge in [0.2, 0.25) is 10.0 Å². The molecule has 2 aromatic rings. The minimum Gasteiger partial charge on any atom is -0.489 e. The molecular formula is C18H25ClIN5O3S. The van der Waals surface area contributed by atoms with E-state index < -0.39 is 10.0 Å². The van der Waals surface area contributed by atoms with E-state index in [2.05, 4.69) is 25.3 Å². The maximum atomic E-state index is 12.1. The third kappa shape index (κ3) is 9.15. The molecule has 0 saturated heterocycles. The zero-order valence-corrected chi connectivity index (χ0v) is 20.0. The van der Waals surface area contributed by atoms with Crippen LogP contribution >= 0.6 is 35.6 Å². The summed E-state index contributed by atoms with van der Waals surface area (Å²) in [7, 11) is -1.93. The lowest BCUT2D eigenvalue weighted by atomic mass is 10.3. The molecule has 0 fully saturated rings. The summed E-state index contributed by atoms with van der Waals surface area (Å²) in [6.07, 6.45) is 2.72. The van der Waals surface area contributed by atoms with Crippen molar-refractivity contribution in [3.8, 4) is 5.75 Å². The van der Waals surface area contributed by atoms with Gasteiger partial charge in [0.1, 0.15) is 16.7 Å². The molecule has 3 N–H and O–H groups in total. The number of nitrogens with zero attached hydrogens (tertiary/aromatic N) is 2. The smallest absolute Gasteiger partial charge is 0.242 e. The van der Waals surface area contributed by atoms with Crippen molar-refractivity contribution in [2.75, 3.05) is 26.7 Å². The third-order valence-corrected chi connectivity index (χ3v) is 5.28. The number of aromatic nitrogens is 1. The Morgan fingerprint density at radius 2 is 1.93 bits per heavy atom. The van der Waals surface area contributed by atoms with Crippen LogP contribution < -0.4 is 20.1 Å². The number of pyridine rings is 1. The summed E-state index contributed by atoms with van der Waals surface area (Å²) < 4.78 is 32.5. The molecule has 0 radical (unpaired) electrons. The van der Waals surface area contributed by atoms with Gasteiger partial charge >= 0.3 is 0 Å². The van der Waals surface area contributed by atoms with E-state index in [9.17, 15) is 8.42 Å². The summed E-state index contributed by atoms with van der Waals surface area (Å²) in [4.78, 5) is 8.05. The van der Waals surface area contributed by atoms with Crippen LogP contribution in [0.5, 0.6) is 5.75 Å². The zero-order chi connectivity index (χ0) is 20.4. The summed E-state index contributed by atoms with van der Waals surface area (Å²) in [5.74, 6) is 1.28. The van der Waals surface area contributed by atoms with Crippen molar-refractivity contribution >= 4 is 51.6 Å². The molecule has 0 spiro atoms. The molecule has 0 saturated carbocycles. The number of benzene rings is 1. The Balaban J connectivity index is 0.00000420. The maximum absolute atomic E-state index is 12.1. The number of ether oxygens (including phenoxy) is 1. The Kier molecular flexibility index (Phi) is 11.2. The van der Waals surface area contributed by atoms with Crippen LogP contribution in [0.3, 0.4) is 0 Å². The zero-order valence-electron chi connectivity index (χ0n) is 16.1. The van der Waals surface area contributed by atoms with Crippen molar-refractivity contribution < 1.29 is 13.2 Å². The standard InChI is InChI=1S/C18H24ClN5O3S.HI/c1-14(27-16-7-5-15(19)6-8-16)12-23-18(20-2)22-10-11-24-28(25,26)17-4-3-9-21-13-17;/h3-9,13-14,24H,10-12H2,1-2H3,(H2,20,22,23);1H. The molecule has 0 bridgehead atoms. The molecule has 11 heteroatoms. The topological polar surface area (TPSA) is 105 Å². The number of hydrogen-bond donors (Lipinski definition) is 3. The fourth-order valence-electron chi connectivity index (χ4n) is 2.20. The van der Waals surface area contributed by atoms with Crippen LogP contribution in [0.1, 0.15) is 6.92 Å². The number of sulfonamides is 1. The average Bonchev–Trinajstić information content (AvgIpc) is 2.70. The molecule has 8 nitrogen and oxygen atoms in total. The van der Waals surface area contributed by atoms with Gasteiger partial charge in [-0.2, -0.15) is 0 Å². The van der Waals surface area contributed by atoms with Crippen molar-refractivity contribution in [3.63, 3.8) is 0 Å². The molecule has 0 aliphatic rings. The van der Waals surface area contributed by atoms with Gasteiger partial charge in [-0.05, 0) is 43.3 Å². The first-order chi connectivity index (χ1) is 13.4. The maximum Gasteiger partial charge on any atom is 0.242 e. The van der Waals surface area contributed by atoms with E-state index in [1.165, 1.54) is 18.5 Å². The highest BCUT2D eigenvalue weighted by atomic mass is 127. The Hall–Kier alpha value is -1.63. The number of halogens is 2. The van der Waals surface area contributed by atoms with Crippen LogP contribution in [0.25, 0.3) is 0 Å². The van der Waals surface area contributed by atoms with Gasteiger partial charge in [-0.1, -0.05) is 11.6 Å². The fourth-order valence-corrected chi connectivity index (χ4v) is 3.32. The van der Waals surface area contributed by atoms with E-state index in [4.69, 9.17) is 16.3 Å². The summed E-state index contributed by atoms with van der Waals surface area (Å²) in [6.45, 7) is 3.01.